The second-order valence-electron chi connectivity index (χ2n) is 4.77. The summed E-state index contributed by atoms with van der Waals surface area (Å²) in [5, 5.41) is 5.74. The van der Waals surface area contributed by atoms with Crippen LogP contribution in [0.2, 0.25) is 0 Å². The highest BCUT2D eigenvalue weighted by Crippen LogP contribution is 2.17. The molecule has 2 nitrogen and oxygen atoms in total. The Morgan fingerprint density at radius 3 is 2.94 bits per heavy atom. The maximum Gasteiger partial charge on any atom is 0.0809 e. The highest BCUT2D eigenvalue weighted by atomic mass is 32.1. The summed E-state index contributed by atoms with van der Waals surface area (Å²) in [5.41, 5.74) is 0. The Morgan fingerprint density at radius 2 is 2.18 bits per heavy atom. The summed E-state index contributed by atoms with van der Waals surface area (Å²) in [6.45, 7) is 2.76. The Hall–Kier alpha value is -0.380. The summed E-state index contributed by atoms with van der Waals surface area (Å²) >= 11 is 1.77. The van der Waals surface area contributed by atoms with Crippen molar-refractivity contribution in [2.75, 3.05) is 13.2 Å². The topological polar surface area (TPSA) is 21.3 Å². The third-order valence-corrected chi connectivity index (χ3v) is 4.18. The molecule has 1 aromatic heterocycles. The zero-order valence-electron chi connectivity index (χ0n) is 10.5. The second kappa shape index (κ2) is 7.85. The van der Waals surface area contributed by atoms with E-state index in [0.717, 1.165) is 32.2 Å². The van der Waals surface area contributed by atoms with Gasteiger partial charge >= 0.3 is 0 Å². The van der Waals surface area contributed by atoms with Gasteiger partial charge in [-0.3, -0.25) is 0 Å². The molecule has 17 heavy (non-hydrogen) atoms. The van der Waals surface area contributed by atoms with Crippen molar-refractivity contribution >= 4 is 11.3 Å². The first-order valence-corrected chi connectivity index (χ1v) is 7.66. The van der Waals surface area contributed by atoms with Crippen molar-refractivity contribution in [2.45, 2.75) is 51.2 Å². The molecule has 1 aliphatic carbocycles. The molecule has 1 heterocycles. The highest BCUT2D eigenvalue weighted by molar-refractivity contribution is 7.09. The van der Waals surface area contributed by atoms with E-state index in [2.05, 4.69) is 22.8 Å². The first-order chi connectivity index (χ1) is 8.45. The normalized spacial score (nSPS) is 17.4. The lowest BCUT2D eigenvalue weighted by molar-refractivity contribution is 0.119. The van der Waals surface area contributed by atoms with Crippen molar-refractivity contribution in [2.24, 2.45) is 0 Å². The van der Waals surface area contributed by atoms with Gasteiger partial charge < -0.3 is 10.1 Å². The second-order valence-corrected chi connectivity index (χ2v) is 5.81. The van der Waals surface area contributed by atoms with Gasteiger partial charge in [-0.05, 0) is 37.3 Å². The summed E-state index contributed by atoms with van der Waals surface area (Å²) in [6, 6.07) is 4.99. The van der Waals surface area contributed by atoms with Crippen LogP contribution in [-0.2, 0) is 11.3 Å². The maximum atomic E-state index is 5.64. The van der Waals surface area contributed by atoms with Crippen LogP contribution in [0.15, 0.2) is 17.5 Å². The third-order valence-electron chi connectivity index (χ3n) is 3.33. The average Bonchev–Trinajstić information content (AvgIpc) is 2.88. The fraction of sp³-hybridized carbons (Fsp3) is 0.714. The van der Waals surface area contributed by atoms with Gasteiger partial charge in [0, 0.05) is 17.5 Å². The number of nitrogens with one attached hydrogen (secondary N) is 1. The predicted molar refractivity (Wildman–Crippen MR) is 73.5 cm³/mol. The van der Waals surface area contributed by atoms with E-state index in [0.29, 0.717) is 0 Å². The van der Waals surface area contributed by atoms with Gasteiger partial charge in [-0.25, -0.2) is 0 Å². The molecule has 1 saturated carbocycles. The summed E-state index contributed by atoms with van der Waals surface area (Å²) in [7, 11) is 0. The molecule has 1 aliphatic rings. The zero-order valence-corrected chi connectivity index (χ0v) is 11.3. The predicted octanol–water partition coefficient (Wildman–Crippen LogP) is 3.58. The quantitative estimate of drug-likeness (QED) is 0.750. The van der Waals surface area contributed by atoms with Crippen molar-refractivity contribution in [3.63, 3.8) is 0 Å². The zero-order chi connectivity index (χ0) is 11.8. The Balaban J connectivity index is 1.43. The standard InChI is InChI=1S/C14H23NOS/c1-2-6-13(7-3-1)15-9-5-10-16-12-14-8-4-11-17-14/h4,8,11,13,15H,1-3,5-7,9-10,12H2. The van der Waals surface area contributed by atoms with Crippen LogP contribution in [0.5, 0.6) is 0 Å². The highest BCUT2D eigenvalue weighted by Gasteiger charge is 2.11. The molecule has 0 aliphatic heterocycles. The van der Waals surface area contributed by atoms with Crippen molar-refractivity contribution in [3.05, 3.63) is 22.4 Å². The maximum absolute atomic E-state index is 5.64. The Morgan fingerprint density at radius 1 is 1.29 bits per heavy atom. The van der Waals surface area contributed by atoms with Crippen LogP contribution in [0.4, 0.5) is 0 Å². The molecule has 0 bridgehead atoms. The van der Waals surface area contributed by atoms with Gasteiger partial charge in [-0.1, -0.05) is 25.3 Å². The van der Waals surface area contributed by atoms with E-state index in [9.17, 15) is 0 Å². The van der Waals surface area contributed by atoms with Crippen molar-refractivity contribution < 1.29 is 4.74 Å². The molecule has 1 N–H and O–H groups in total. The van der Waals surface area contributed by atoms with Crippen LogP contribution in [0.1, 0.15) is 43.4 Å². The van der Waals surface area contributed by atoms with Crippen molar-refractivity contribution in [3.8, 4) is 0 Å². The lowest BCUT2D eigenvalue weighted by atomic mass is 9.95. The summed E-state index contributed by atoms with van der Waals surface area (Å²) < 4.78 is 5.64. The van der Waals surface area contributed by atoms with E-state index < -0.39 is 0 Å². The van der Waals surface area contributed by atoms with E-state index in [1.807, 2.05) is 0 Å². The first kappa shape index (κ1) is 13.1. The van der Waals surface area contributed by atoms with Gasteiger partial charge in [0.05, 0.1) is 6.61 Å². The molecule has 0 spiro atoms. The minimum atomic E-state index is 0.779. The van der Waals surface area contributed by atoms with Crippen LogP contribution >= 0.6 is 11.3 Å². The van der Waals surface area contributed by atoms with Crippen molar-refractivity contribution in [1.82, 2.24) is 5.32 Å². The van der Waals surface area contributed by atoms with Gasteiger partial charge in [0.2, 0.25) is 0 Å². The molecule has 0 saturated heterocycles. The van der Waals surface area contributed by atoms with Gasteiger partial charge in [0.1, 0.15) is 0 Å². The molecule has 0 unspecified atom stereocenters. The van der Waals surface area contributed by atoms with E-state index in [1.165, 1.54) is 37.0 Å². The van der Waals surface area contributed by atoms with Crippen LogP contribution < -0.4 is 5.32 Å². The summed E-state index contributed by atoms with van der Waals surface area (Å²) in [6.07, 6.45) is 8.12. The number of hydrogen-bond donors (Lipinski definition) is 1. The molecule has 96 valence electrons. The van der Waals surface area contributed by atoms with Gasteiger partial charge in [-0.2, -0.15) is 0 Å². The summed E-state index contributed by atoms with van der Waals surface area (Å²) in [4.78, 5) is 1.32. The van der Waals surface area contributed by atoms with Crippen LogP contribution in [-0.4, -0.2) is 19.2 Å². The largest absolute Gasteiger partial charge is 0.376 e. The van der Waals surface area contributed by atoms with Gasteiger partial charge in [0.25, 0.3) is 0 Å². The molecule has 0 atom stereocenters. The average molecular weight is 253 g/mol. The Bertz CT molecular complexity index is 280. The number of thiophene rings is 1. The van der Waals surface area contributed by atoms with Gasteiger partial charge in [-0.15, -0.1) is 11.3 Å². The van der Waals surface area contributed by atoms with Crippen LogP contribution in [0.3, 0.4) is 0 Å². The Labute approximate surface area is 108 Å². The lowest BCUT2D eigenvalue weighted by Crippen LogP contribution is -2.32. The lowest BCUT2D eigenvalue weighted by Gasteiger charge is -2.22. The third kappa shape index (κ3) is 5.19. The monoisotopic (exact) mass is 253 g/mol. The molecular formula is C14H23NOS. The smallest absolute Gasteiger partial charge is 0.0809 e. The minimum Gasteiger partial charge on any atom is -0.376 e. The molecule has 3 heteroatoms. The first-order valence-electron chi connectivity index (χ1n) is 6.78. The SMILES string of the molecule is c1csc(COCCCNC2CCCCC2)c1. The molecule has 0 amide bonds. The van der Waals surface area contributed by atoms with E-state index in [4.69, 9.17) is 4.74 Å². The molecule has 2 rings (SSSR count). The summed E-state index contributed by atoms with van der Waals surface area (Å²) in [5.74, 6) is 0. The fourth-order valence-electron chi connectivity index (χ4n) is 2.35. The van der Waals surface area contributed by atoms with Gasteiger partial charge in [0.15, 0.2) is 0 Å². The number of ether oxygens (including phenoxy) is 1. The molecule has 1 fully saturated rings. The van der Waals surface area contributed by atoms with Crippen molar-refractivity contribution in [1.29, 1.82) is 0 Å². The van der Waals surface area contributed by atoms with E-state index >= 15 is 0 Å². The van der Waals surface area contributed by atoms with Crippen LogP contribution in [0, 0.1) is 0 Å². The van der Waals surface area contributed by atoms with E-state index in [-0.39, 0.29) is 0 Å². The van der Waals surface area contributed by atoms with Crippen LogP contribution in [0.25, 0.3) is 0 Å². The fourth-order valence-corrected chi connectivity index (χ4v) is 3.00. The van der Waals surface area contributed by atoms with E-state index in [1.54, 1.807) is 11.3 Å². The Kier molecular flexibility index (Phi) is 6.03. The molecular weight excluding hydrogens is 230 g/mol. The minimum absolute atomic E-state index is 0.779. The molecule has 0 radical (unpaired) electrons. The molecule has 0 aromatic carbocycles. The molecule has 1 aromatic rings. The number of hydrogen-bond acceptors (Lipinski definition) is 3. The number of rotatable bonds is 7.